The Bertz CT molecular complexity index is 1240. The van der Waals surface area contributed by atoms with Crippen molar-refractivity contribution in [1.29, 1.82) is 0 Å². The minimum Gasteiger partial charge on any atom is -0.361 e. The van der Waals surface area contributed by atoms with Crippen LogP contribution in [0.5, 0.6) is 0 Å². The number of carbonyl (C=O) groups is 1. The van der Waals surface area contributed by atoms with E-state index in [2.05, 4.69) is 26.3 Å². The average Bonchev–Trinajstić information content (AvgIpc) is 3.22. The van der Waals surface area contributed by atoms with Gasteiger partial charge in [-0.25, -0.2) is 9.97 Å². The molecule has 1 aliphatic rings. The molecule has 32 heavy (non-hydrogen) atoms. The van der Waals surface area contributed by atoms with E-state index in [1.807, 2.05) is 60.6 Å². The van der Waals surface area contributed by atoms with Crippen LogP contribution < -0.4 is 5.32 Å². The smallest absolute Gasteiger partial charge is 0.227 e. The maximum Gasteiger partial charge on any atom is 0.227 e. The standard InChI is InChI=1S/C25H26N6O/c1-17-5-4-8-23(28-17)30-24-16-26-15-22(29-24)18-9-11-31(12-10-18)25(32)13-19-14-27-21-7-3-2-6-20(19)21/h2-8,14-16,18,27H,9-13H2,1H3,(H,28,29,30). The number of aromatic amines is 1. The summed E-state index contributed by atoms with van der Waals surface area (Å²) >= 11 is 0. The van der Waals surface area contributed by atoms with Gasteiger partial charge in [-0.1, -0.05) is 24.3 Å². The van der Waals surface area contributed by atoms with Crippen molar-refractivity contribution in [2.24, 2.45) is 0 Å². The quantitative estimate of drug-likeness (QED) is 0.495. The van der Waals surface area contributed by atoms with Crippen molar-refractivity contribution in [1.82, 2.24) is 24.8 Å². The van der Waals surface area contributed by atoms with E-state index in [0.29, 0.717) is 18.2 Å². The zero-order chi connectivity index (χ0) is 21.9. The number of amides is 1. The molecule has 1 aromatic carbocycles. The van der Waals surface area contributed by atoms with Crippen LogP contribution in [0.1, 0.15) is 35.7 Å². The molecule has 0 radical (unpaired) electrons. The summed E-state index contributed by atoms with van der Waals surface area (Å²) in [6, 6.07) is 13.9. The summed E-state index contributed by atoms with van der Waals surface area (Å²) in [5, 5.41) is 4.36. The van der Waals surface area contributed by atoms with Gasteiger partial charge in [-0.3, -0.25) is 9.78 Å². The van der Waals surface area contributed by atoms with Crippen molar-refractivity contribution in [3.63, 3.8) is 0 Å². The number of piperidine rings is 1. The Hall–Kier alpha value is -3.74. The Balaban J connectivity index is 1.20. The van der Waals surface area contributed by atoms with E-state index in [4.69, 9.17) is 4.98 Å². The number of H-pyrrole nitrogens is 1. The number of nitrogens with zero attached hydrogens (tertiary/aromatic N) is 4. The second-order valence-corrected chi connectivity index (χ2v) is 8.31. The second-order valence-electron chi connectivity index (χ2n) is 8.31. The largest absolute Gasteiger partial charge is 0.361 e. The second kappa shape index (κ2) is 8.78. The lowest BCUT2D eigenvalue weighted by Gasteiger charge is -2.31. The maximum absolute atomic E-state index is 12.9. The lowest BCUT2D eigenvalue weighted by atomic mass is 9.93. The van der Waals surface area contributed by atoms with Crippen molar-refractivity contribution in [3.8, 4) is 0 Å². The lowest BCUT2D eigenvalue weighted by molar-refractivity contribution is -0.131. The number of pyridine rings is 1. The first-order valence-corrected chi connectivity index (χ1v) is 11.0. The van der Waals surface area contributed by atoms with E-state index in [1.165, 1.54) is 0 Å². The number of rotatable bonds is 5. The fourth-order valence-corrected chi connectivity index (χ4v) is 4.36. The Labute approximate surface area is 186 Å². The normalized spacial score (nSPS) is 14.6. The molecule has 3 aromatic heterocycles. The van der Waals surface area contributed by atoms with Crippen LogP contribution in [0.25, 0.3) is 10.9 Å². The van der Waals surface area contributed by atoms with Crippen molar-refractivity contribution >= 4 is 28.4 Å². The number of anilines is 2. The Morgan fingerprint density at radius 1 is 1.06 bits per heavy atom. The van der Waals surface area contributed by atoms with Crippen LogP contribution in [0.4, 0.5) is 11.6 Å². The molecule has 162 valence electrons. The number of para-hydroxylation sites is 1. The number of likely N-dealkylation sites (tertiary alicyclic amines) is 1. The summed E-state index contributed by atoms with van der Waals surface area (Å²) in [5.41, 5.74) is 4.04. The number of hydrogen-bond donors (Lipinski definition) is 2. The number of aryl methyl sites for hydroxylation is 1. The number of fused-ring (bicyclic) bond motifs is 1. The van der Waals surface area contributed by atoms with Gasteiger partial charge in [0.05, 0.1) is 18.3 Å². The highest BCUT2D eigenvalue weighted by atomic mass is 16.2. The van der Waals surface area contributed by atoms with Crippen LogP contribution in [0, 0.1) is 6.92 Å². The van der Waals surface area contributed by atoms with Gasteiger partial charge in [0.25, 0.3) is 0 Å². The van der Waals surface area contributed by atoms with Crippen molar-refractivity contribution in [3.05, 3.63) is 78.0 Å². The molecule has 7 nitrogen and oxygen atoms in total. The van der Waals surface area contributed by atoms with Crippen LogP contribution in [0.15, 0.2) is 61.1 Å². The fraction of sp³-hybridized carbons (Fsp3) is 0.280. The number of hydrogen-bond acceptors (Lipinski definition) is 5. The van der Waals surface area contributed by atoms with Crippen molar-refractivity contribution in [2.75, 3.05) is 18.4 Å². The van der Waals surface area contributed by atoms with Gasteiger partial charge in [-0.05, 0) is 43.5 Å². The number of nitrogens with one attached hydrogen (secondary N) is 2. The SMILES string of the molecule is Cc1cccc(Nc2cncc(C3CCN(C(=O)Cc4c[nH]c5ccccc45)CC3)n2)n1. The van der Waals surface area contributed by atoms with Crippen LogP contribution in [0.2, 0.25) is 0 Å². The van der Waals surface area contributed by atoms with Crippen molar-refractivity contribution in [2.45, 2.75) is 32.1 Å². The monoisotopic (exact) mass is 426 g/mol. The highest BCUT2D eigenvalue weighted by Crippen LogP contribution is 2.28. The van der Waals surface area contributed by atoms with Crippen molar-refractivity contribution < 1.29 is 4.79 Å². The molecular weight excluding hydrogens is 400 g/mol. The Morgan fingerprint density at radius 2 is 1.91 bits per heavy atom. The van der Waals surface area contributed by atoms with E-state index in [-0.39, 0.29) is 5.91 Å². The zero-order valence-corrected chi connectivity index (χ0v) is 18.1. The minimum absolute atomic E-state index is 0.181. The van der Waals surface area contributed by atoms with Gasteiger partial charge in [0, 0.05) is 48.0 Å². The van der Waals surface area contributed by atoms with E-state index in [1.54, 1.807) is 6.20 Å². The molecule has 0 unspecified atom stereocenters. The number of aromatic nitrogens is 4. The maximum atomic E-state index is 12.9. The Morgan fingerprint density at radius 3 is 2.75 bits per heavy atom. The zero-order valence-electron chi connectivity index (χ0n) is 18.1. The van der Waals surface area contributed by atoms with Crippen LogP contribution in [-0.4, -0.2) is 43.8 Å². The third kappa shape index (κ3) is 4.32. The third-order valence-corrected chi connectivity index (χ3v) is 6.08. The predicted octanol–water partition coefficient (Wildman–Crippen LogP) is 4.35. The molecule has 1 saturated heterocycles. The predicted molar refractivity (Wildman–Crippen MR) is 125 cm³/mol. The number of benzene rings is 1. The molecule has 1 fully saturated rings. The molecule has 0 bridgehead atoms. The molecule has 2 N–H and O–H groups in total. The summed E-state index contributed by atoms with van der Waals surface area (Å²) in [4.78, 5) is 31.7. The summed E-state index contributed by atoms with van der Waals surface area (Å²) in [7, 11) is 0. The molecule has 4 heterocycles. The first-order chi connectivity index (χ1) is 15.7. The summed E-state index contributed by atoms with van der Waals surface area (Å²) in [6.07, 6.45) is 7.71. The third-order valence-electron chi connectivity index (χ3n) is 6.08. The molecule has 1 amide bonds. The van der Waals surface area contributed by atoms with Gasteiger partial charge in [0.15, 0.2) is 0 Å². The molecule has 7 heteroatoms. The minimum atomic E-state index is 0.181. The molecule has 0 spiro atoms. The summed E-state index contributed by atoms with van der Waals surface area (Å²) in [6.45, 7) is 3.44. The first-order valence-electron chi connectivity index (χ1n) is 11.0. The van der Waals surface area contributed by atoms with E-state index in [9.17, 15) is 4.79 Å². The van der Waals surface area contributed by atoms with Gasteiger partial charge in [-0.15, -0.1) is 0 Å². The highest BCUT2D eigenvalue weighted by Gasteiger charge is 2.25. The van der Waals surface area contributed by atoms with E-state index < -0.39 is 0 Å². The van der Waals surface area contributed by atoms with Gasteiger partial charge in [0.2, 0.25) is 5.91 Å². The Kier molecular flexibility index (Phi) is 5.54. The lowest BCUT2D eigenvalue weighted by Crippen LogP contribution is -2.38. The van der Waals surface area contributed by atoms with E-state index in [0.717, 1.165) is 59.6 Å². The first kappa shape index (κ1) is 20.2. The molecular formula is C25H26N6O. The summed E-state index contributed by atoms with van der Waals surface area (Å²) < 4.78 is 0. The van der Waals surface area contributed by atoms with E-state index >= 15 is 0 Å². The molecule has 0 atom stereocenters. The van der Waals surface area contributed by atoms with Gasteiger partial charge in [0.1, 0.15) is 11.6 Å². The van der Waals surface area contributed by atoms with Crippen LogP contribution >= 0.6 is 0 Å². The topological polar surface area (TPSA) is 86.8 Å². The molecule has 1 aliphatic heterocycles. The van der Waals surface area contributed by atoms with Gasteiger partial charge in [-0.2, -0.15) is 0 Å². The van der Waals surface area contributed by atoms with Crippen LogP contribution in [0.3, 0.4) is 0 Å². The molecule has 5 rings (SSSR count). The van der Waals surface area contributed by atoms with Gasteiger partial charge < -0.3 is 15.2 Å². The van der Waals surface area contributed by atoms with Gasteiger partial charge >= 0.3 is 0 Å². The molecule has 0 saturated carbocycles. The highest BCUT2D eigenvalue weighted by molar-refractivity contribution is 5.88. The summed E-state index contributed by atoms with van der Waals surface area (Å²) in [5.74, 6) is 1.93. The molecule has 4 aromatic rings. The number of carbonyl (C=O) groups excluding carboxylic acids is 1. The van der Waals surface area contributed by atoms with Crippen LogP contribution in [-0.2, 0) is 11.2 Å². The molecule has 0 aliphatic carbocycles. The average molecular weight is 427 g/mol. The fourth-order valence-electron chi connectivity index (χ4n) is 4.36.